The first-order valence-corrected chi connectivity index (χ1v) is 24.5. The monoisotopic (exact) mass is 805 g/mol. The highest BCUT2D eigenvalue weighted by Crippen LogP contribution is 2.51. The molecule has 1 aromatic heterocycles. The Bertz CT molecular complexity index is 2450. The lowest BCUT2D eigenvalue weighted by atomic mass is 9.74. The highest BCUT2D eigenvalue weighted by molar-refractivity contribution is 5.72. The van der Waals surface area contributed by atoms with Crippen LogP contribution in [0.2, 0.25) is 0 Å². The zero-order valence-corrected chi connectivity index (χ0v) is 36.2. The molecule has 12 rings (SSSR count). The summed E-state index contributed by atoms with van der Waals surface area (Å²) in [6, 6.07) is 0.332. The fraction of sp³-hybridized carbons (Fsp3) is 0.448. The van der Waals surface area contributed by atoms with Crippen molar-refractivity contribution in [2.75, 3.05) is 0 Å². The van der Waals surface area contributed by atoms with Gasteiger partial charge in [-0.25, -0.2) is 0 Å². The van der Waals surface area contributed by atoms with Gasteiger partial charge in [0, 0.05) is 40.8 Å². The van der Waals surface area contributed by atoms with Gasteiger partial charge in [0.15, 0.2) is 0 Å². The molecule has 1 aliphatic heterocycles. The first kappa shape index (κ1) is 38.0. The number of allylic oxidation sites excluding steroid dienone is 21. The van der Waals surface area contributed by atoms with Crippen molar-refractivity contribution in [2.45, 2.75) is 146 Å². The molecule has 0 amide bonds. The van der Waals surface area contributed by atoms with Gasteiger partial charge in [-0.3, -0.25) is 0 Å². The van der Waals surface area contributed by atoms with Gasteiger partial charge < -0.3 is 14.1 Å². The lowest BCUT2D eigenvalue weighted by molar-refractivity contribution is 0.112. The molecule has 6 atom stereocenters. The molecule has 2 heterocycles. The van der Waals surface area contributed by atoms with Gasteiger partial charge in [-0.2, -0.15) is 0 Å². The topological polar surface area (TPSA) is 25.6 Å². The van der Waals surface area contributed by atoms with Crippen LogP contribution in [0.5, 0.6) is 0 Å². The van der Waals surface area contributed by atoms with Crippen molar-refractivity contribution in [2.24, 2.45) is 17.8 Å². The van der Waals surface area contributed by atoms with E-state index in [4.69, 9.17) is 9.15 Å². The van der Waals surface area contributed by atoms with E-state index in [0.29, 0.717) is 35.8 Å². The van der Waals surface area contributed by atoms with E-state index in [2.05, 4.69) is 108 Å². The van der Waals surface area contributed by atoms with Crippen LogP contribution in [0.3, 0.4) is 0 Å². The number of hydrogen-bond acceptors (Lipinski definition) is 3. The number of fused-ring (bicyclic) bond motifs is 5. The Morgan fingerprint density at radius 2 is 1.52 bits per heavy atom. The molecular weight excluding hydrogens is 743 g/mol. The second-order valence-corrected chi connectivity index (χ2v) is 19.8. The van der Waals surface area contributed by atoms with Gasteiger partial charge in [0.05, 0.1) is 6.04 Å². The summed E-state index contributed by atoms with van der Waals surface area (Å²) in [5.74, 6) is 5.76. The van der Waals surface area contributed by atoms with E-state index < -0.39 is 0 Å². The predicted octanol–water partition coefficient (Wildman–Crippen LogP) is 15.0. The molecule has 61 heavy (non-hydrogen) atoms. The summed E-state index contributed by atoms with van der Waals surface area (Å²) in [4.78, 5) is 2.79. The summed E-state index contributed by atoms with van der Waals surface area (Å²) in [5.41, 5.74) is 18.3. The van der Waals surface area contributed by atoms with Crippen LogP contribution >= 0.6 is 0 Å². The van der Waals surface area contributed by atoms with Gasteiger partial charge in [-0.1, -0.05) is 103 Å². The summed E-state index contributed by atoms with van der Waals surface area (Å²) >= 11 is 0. The molecular formula is C58H63NO2. The van der Waals surface area contributed by atoms with Crippen LogP contribution in [-0.2, 0) is 11.2 Å². The standard InChI is InChI=1S/C58H63NO2/c1-2-11-41(12-3-1)49-15-9-18-53-54-37-45(28-35-56(54)61-58(49)53)40-24-31-47(32-25-40)59(46-29-22-39(23-30-46)44-21-20-38-10-4-5-13-43(38)36-44)48-33-26-42(27-34-48)50-16-8-17-52-51-14-6-7-19-55(51)60-57(50)52/h1-2,4,6,8,10,14-15,17,22,26-27,29,31,33,36-37,40-41,48,50,54,56H,3,5,7,9,11-13,16,18-21,23-25,28,30,32,34-35H2. The van der Waals surface area contributed by atoms with Crippen LogP contribution in [0.1, 0.15) is 151 Å². The smallest absolute Gasteiger partial charge is 0.122 e. The minimum absolute atomic E-state index is 0.304. The molecule has 0 aromatic carbocycles. The van der Waals surface area contributed by atoms with Crippen molar-refractivity contribution < 1.29 is 9.15 Å². The zero-order valence-electron chi connectivity index (χ0n) is 36.2. The van der Waals surface area contributed by atoms with E-state index >= 15 is 0 Å². The van der Waals surface area contributed by atoms with Crippen molar-refractivity contribution in [3.8, 4) is 0 Å². The molecule has 312 valence electrons. The van der Waals surface area contributed by atoms with Crippen LogP contribution < -0.4 is 0 Å². The normalized spacial score (nSPS) is 31.3. The first-order valence-electron chi connectivity index (χ1n) is 24.5. The minimum Gasteiger partial charge on any atom is -0.489 e. The van der Waals surface area contributed by atoms with E-state index in [1.807, 2.05) is 0 Å². The second kappa shape index (κ2) is 16.2. The number of aryl methyl sites for hydroxylation is 1. The largest absolute Gasteiger partial charge is 0.489 e. The lowest BCUT2D eigenvalue weighted by Crippen LogP contribution is -2.35. The summed E-state index contributed by atoms with van der Waals surface area (Å²) in [6.45, 7) is 0. The highest BCUT2D eigenvalue weighted by Gasteiger charge is 2.42. The Kier molecular flexibility index (Phi) is 10.1. The van der Waals surface area contributed by atoms with Crippen molar-refractivity contribution in [1.82, 2.24) is 4.90 Å². The SMILES string of the molecule is C1=CC2=C(C=C(C3=CC=C(N(C4=CCC(C5=CC6C7=C(OC6CC5)C(C5CC=CCC5)=CCC7)CC4)C4C=CC(C5CC=Cc6c5oc5c6C=CCC5)=CC4)CC3)CC2)CC1. The van der Waals surface area contributed by atoms with Crippen LogP contribution in [0.25, 0.3) is 12.2 Å². The fourth-order valence-electron chi connectivity index (χ4n) is 13.1. The van der Waals surface area contributed by atoms with Crippen LogP contribution in [0.4, 0.5) is 0 Å². The van der Waals surface area contributed by atoms with Gasteiger partial charge in [0.25, 0.3) is 0 Å². The van der Waals surface area contributed by atoms with E-state index in [9.17, 15) is 0 Å². The molecule has 1 aromatic rings. The third kappa shape index (κ3) is 7.03. The maximum absolute atomic E-state index is 6.89. The predicted molar refractivity (Wildman–Crippen MR) is 250 cm³/mol. The number of furan rings is 1. The maximum atomic E-state index is 6.89. The van der Waals surface area contributed by atoms with Gasteiger partial charge in [-0.05, 0) is 179 Å². The van der Waals surface area contributed by atoms with Crippen molar-refractivity contribution in [1.29, 1.82) is 0 Å². The maximum Gasteiger partial charge on any atom is 0.122 e. The molecule has 11 aliphatic rings. The zero-order chi connectivity index (χ0) is 40.3. The van der Waals surface area contributed by atoms with Crippen LogP contribution in [0.15, 0.2) is 157 Å². The summed E-state index contributed by atoms with van der Waals surface area (Å²) < 4.78 is 13.5. The van der Waals surface area contributed by atoms with Gasteiger partial charge in [0.2, 0.25) is 0 Å². The number of rotatable bonds is 7. The molecule has 3 heteroatoms. The minimum atomic E-state index is 0.304. The van der Waals surface area contributed by atoms with E-state index in [1.165, 1.54) is 117 Å². The third-order valence-electron chi connectivity index (χ3n) is 16.3. The van der Waals surface area contributed by atoms with Crippen molar-refractivity contribution >= 4 is 12.2 Å². The second-order valence-electron chi connectivity index (χ2n) is 19.8. The fourth-order valence-corrected chi connectivity index (χ4v) is 13.1. The summed E-state index contributed by atoms with van der Waals surface area (Å²) in [7, 11) is 0. The molecule has 0 N–H and O–H groups in total. The highest BCUT2D eigenvalue weighted by atomic mass is 16.5. The van der Waals surface area contributed by atoms with Gasteiger partial charge in [-0.15, -0.1) is 0 Å². The van der Waals surface area contributed by atoms with E-state index in [1.54, 1.807) is 44.7 Å². The average molecular weight is 806 g/mol. The molecule has 0 bridgehead atoms. The molecule has 0 fully saturated rings. The van der Waals surface area contributed by atoms with Gasteiger partial charge in [0.1, 0.15) is 23.4 Å². The van der Waals surface area contributed by atoms with Crippen LogP contribution in [0, 0.1) is 17.8 Å². The molecule has 6 unspecified atom stereocenters. The quantitative estimate of drug-likeness (QED) is 0.257. The summed E-state index contributed by atoms with van der Waals surface area (Å²) in [6.07, 6.45) is 65.3. The van der Waals surface area contributed by atoms with E-state index in [-0.39, 0.29) is 0 Å². The van der Waals surface area contributed by atoms with Crippen molar-refractivity contribution in [3.63, 3.8) is 0 Å². The lowest BCUT2D eigenvalue weighted by Gasteiger charge is -2.41. The summed E-state index contributed by atoms with van der Waals surface area (Å²) in [5, 5.41) is 0. The average Bonchev–Trinajstić information content (AvgIpc) is 3.91. The molecule has 0 saturated carbocycles. The Labute approximate surface area is 364 Å². The number of hydrogen-bond donors (Lipinski definition) is 0. The molecule has 0 saturated heterocycles. The Morgan fingerprint density at radius 3 is 2.39 bits per heavy atom. The van der Waals surface area contributed by atoms with Gasteiger partial charge >= 0.3 is 0 Å². The Morgan fingerprint density at radius 1 is 0.590 bits per heavy atom. The third-order valence-corrected chi connectivity index (χ3v) is 16.3. The molecule has 0 spiro atoms. The Hall–Kier alpha value is -4.76. The molecule has 10 aliphatic carbocycles. The van der Waals surface area contributed by atoms with Crippen LogP contribution in [-0.4, -0.2) is 17.0 Å². The Balaban J connectivity index is 0.805. The number of nitrogens with zero attached hydrogens (tertiary/aromatic N) is 1. The molecule has 0 radical (unpaired) electrons. The van der Waals surface area contributed by atoms with Crippen molar-refractivity contribution in [3.05, 3.63) is 176 Å². The number of ether oxygens (including phenoxy) is 1. The van der Waals surface area contributed by atoms with E-state index in [0.717, 1.165) is 51.4 Å². The molecule has 3 nitrogen and oxygen atoms in total. The first-order chi connectivity index (χ1) is 30.2.